The highest BCUT2D eigenvalue weighted by atomic mass is 16.2. The van der Waals surface area contributed by atoms with E-state index in [0.29, 0.717) is 46.4 Å². The van der Waals surface area contributed by atoms with Gasteiger partial charge in [0.15, 0.2) is 5.78 Å². The lowest BCUT2D eigenvalue weighted by Crippen LogP contribution is -2.36. The average molecular weight is 437 g/mol. The van der Waals surface area contributed by atoms with Gasteiger partial charge in [0.2, 0.25) is 0 Å². The van der Waals surface area contributed by atoms with Gasteiger partial charge in [-0.25, -0.2) is 9.97 Å². The van der Waals surface area contributed by atoms with Gasteiger partial charge >= 0.3 is 0 Å². The number of fused-ring (bicyclic) bond motifs is 2. The lowest BCUT2D eigenvalue weighted by Gasteiger charge is -2.26. The molecule has 1 amide bonds. The van der Waals surface area contributed by atoms with Gasteiger partial charge in [0.25, 0.3) is 5.91 Å². The molecule has 1 aliphatic carbocycles. The van der Waals surface area contributed by atoms with Crippen LogP contribution in [0.25, 0.3) is 22.2 Å². The number of amides is 1. The fourth-order valence-corrected chi connectivity index (χ4v) is 4.32. The molecule has 3 aromatic carbocycles. The average Bonchev–Trinajstić information content (AvgIpc) is 2.85. The van der Waals surface area contributed by atoms with E-state index in [2.05, 4.69) is 14.9 Å². The van der Waals surface area contributed by atoms with Gasteiger partial charge in [-0.2, -0.15) is 0 Å². The summed E-state index contributed by atoms with van der Waals surface area (Å²) >= 11 is 0. The van der Waals surface area contributed by atoms with Gasteiger partial charge in [0, 0.05) is 41.7 Å². The molecule has 0 atom stereocenters. The molecule has 0 saturated carbocycles. The summed E-state index contributed by atoms with van der Waals surface area (Å²) in [5.74, 6) is -0.172. The molecule has 6 nitrogen and oxygen atoms in total. The van der Waals surface area contributed by atoms with Gasteiger partial charge in [-0.3, -0.25) is 9.59 Å². The van der Waals surface area contributed by atoms with Crippen molar-refractivity contribution in [2.75, 3.05) is 27.2 Å². The second-order valence-electron chi connectivity index (χ2n) is 8.50. The number of hydrogen-bond donors (Lipinski definition) is 0. The molecule has 0 fully saturated rings. The van der Waals surface area contributed by atoms with Crippen molar-refractivity contribution in [3.8, 4) is 11.3 Å². The van der Waals surface area contributed by atoms with Crippen molar-refractivity contribution in [1.82, 2.24) is 19.8 Å². The third kappa shape index (κ3) is 3.79. The van der Waals surface area contributed by atoms with Crippen molar-refractivity contribution in [3.05, 3.63) is 95.3 Å². The van der Waals surface area contributed by atoms with Crippen molar-refractivity contribution < 1.29 is 9.59 Å². The SMILES string of the molecule is CN(C)CCN(Cc1ccccc1)C(=O)c1ccc2c3c(ncnc13)-c1ccccc1C2=O. The van der Waals surface area contributed by atoms with Gasteiger partial charge in [0.1, 0.15) is 6.33 Å². The lowest BCUT2D eigenvalue weighted by atomic mass is 9.85. The summed E-state index contributed by atoms with van der Waals surface area (Å²) in [7, 11) is 3.98. The molecule has 6 heteroatoms. The summed E-state index contributed by atoms with van der Waals surface area (Å²) in [5, 5.41) is 0.652. The quantitative estimate of drug-likeness (QED) is 0.402. The number of hydrogen-bond acceptors (Lipinski definition) is 5. The van der Waals surface area contributed by atoms with Crippen LogP contribution < -0.4 is 0 Å². The first-order valence-electron chi connectivity index (χ1n) is 10.9. The Balaban J connectivity index is 1.61. The third-order valence-corrected chi connectivity index (χ3v) is 6.01. The first-order valence-corrected chi connectivity index (χ1v) is 10.9. The molecule has 0 radical (unpaired) electrons. The van der Waals surface area contributed by atoms with Crippen LogP contribution in [0.3, 0.4) is 0 Å². The van der Waals surface area contributed by atoms with Crippen molar-refractivity contribution in [2.45, 2.75) is 6.54 Å². The molecule has 1 aliphatic rings. The van der Waals surface area contributed by atoms with Gasteiger partial charge in [-0.1, -0.05) is 54.6 Å². The minimum atomic E-state index is -0.108. The first kappa shape index (κ1) is 21.0. The van der Waals surface area contributed by atoms with E-state index >= 15 is 0 Å². The molecule has 0 spiro atoms. The summed E-state index contributed by atoms with van der Waals surface area (Å²) in [6.07, 6.45) is 1.48. The highest BCUT2D eigenvalue weighted by Crippen LogP contribution is 2.38. The Morgan fingerprint density at radius 3 is 2.30 bits per heavy atom. The molecule has 0 saturated heterocycles. The van der Waals surface area contributed by atoms with Gasteiger partial charge in [-0.05, 0) is 31.8 Å². The second kappa shape index (κ2) is 8.56. The Labute approximate surface area is 192 Å². The second-order valence-corrected chi connectivity index (χ2v) is 8.50. The van der Waals surface area contributed by atoms with Crippen LogP contribution in [0, 0.1) is 0 Å². The maximum absolute atomic E-state index is 13.8. The van der Waals surface area contributed by atoms with E-state index in [-0.39, 0.29) is 11.7 Å². The smallest absolute Gasteiger partial charge is 0.256 e. The molecule has 164 valence electrons. The number of aromatic nitrogens is 2. The summed E-state index contributed by atoms with van der Waals surface area (Å²) in [6.45, 7) is 1.81. The van der Waals surface area contributed by atoms with Crippen LogP contribution in [0.2, 0.25) is 0 Å². The van der Waals surface area contributed by atoms with E-state index in [4.69, 9.17) is 0 Å². The molecule has 1 aromatic heterocycles. The molecule has 0 bridgehead atoms. The van der Waals surface area contributed by atoms with Crippen molar-refractivity contribution in [1.29, 1.82) is 0 Å². The number of benzene rings is 3. The van der Waals surface area contributed by atoms with Gasteiger partial charge in [-0.15, -0.1) is 0 Å². The summed E-state index contributed by atoms with van der Waals surface area (Å²) in [5.41, 5.74) is 4.71. The molecule has 0 N–H and O–H groups in total. The summed E-state index contributed by atoms with van der Waals surface area (Å²) < 4.78 is 0. The zero-order chi connectivity index (χ0) is 22.9. The van der Waals surface area contributed by atoms with E-state index < -0.39 is 0 Å². The molecule has 0 unspecified atom stereocenters. The lowest BCUT2D eigenvalue weighted by molar-refractivity contribution is 0.0733. The van der Waals surface area contributed by atoms with E-state index in [1.165, 1.54) is 6.33 Å². The minimum absolute atomic E-state index is 0.0642. The number of ketones is 1. The molecular weight excluding hydrogens is 412 g/mol. The Kier molecular flexibility index (Phi) is 5.44. The highest BCUT2D eigenvalue weighted by molar-refractivity contribution is 6.26. The van der Waals surface area contributed by atoms with Gasteiger partial charge in [0.05, 0.1) is 16.8 Å². The Hall–Kier alpha value is -3.90. The van der Waals surface area contributed by atoms with Crippen molar-refractivity contribution in [3.63, 3.8) is 0 Å². The summed E-state index contributed by atoms with van der Waals surface area (Å²) in [6, 6.07) is 20.9. The zero-order valence-electron chi connectivity index (χ0n) is 18.7. The predicted octanol–water partition coefficient (Wildman–Crippen LogP) is 4.05. The van der Waals surface area contributed by atoms with Crippen LogP contribution in [-0.2, 0) is 6.54 Å². The largest absolute Gasteiger partial charge is 0.333 e. The van der Waals surface area contributed by atoms with Crippen LogP contribution >= 0.6 is 0 Å². The maximum Gasteiger partial charge on any atom is 0.256 e. The van der Waals surface area contributed by atoms with Crippen LogP contribution in [0.15, 0.2) is 73.1 Å². The first-order chi connectivity index (χ1) is 16.0. The van der Waals surface area contributed by atoms with Crippen molar-refractivity contribution in [2.24, 2.45) is 0 Å². The molecule has 1 heterocycles. The van der Waals surface area contributed by atoms with Crippen LogP contribution in [0.4, 0.5) is 0 Å². The standard InChI is InChI=1S/C27H24N4O2/c1-30(2)14-15-31(16-18-8-4-3-5-9-18)27(33)22-13-12-21-23-24(28-17-29-25(22)23)19-10-6-7-11-20(19)26(21)32/h3-13,17H,14-16H2,1-2H3. The zero-order valence-corrected chi connectivity index (χ0v) is 18.7. The monoisotopic (exact) mass is 436 g/mol. The highest BCUT2D eigenvalue weighted by Gasteiger charge is 2.29. The Morgan fingerprint density at radius 2 is 1.55 bits per heavy atom. The van der Waals surface area contributed by atoms with E-state index in [1.54, 1.807) is 12.1 Å². The number of carbonyl (C=O) groups is 2. The number of rotatable bonds is 6. The normalized spacial score (nSPS) is 12.2. The number of nitrogens with zero attached hydrogens (tertiary/aromatic N) is 4. The minimum Gasteiger partial charge on any atom is -0.333 e. The predicted molar refractivity (Wildman–Crippen MR) is 128 cm³/mol. The van der Waals surface area contributed by atoms with Crippen molar-refractivity contribution >= 4 is 22.6 Å². The Bertz CT molecular complexity index is 1370. The fraction of sp³-hybridized carbons (Fsp3) is 0.185. The number of likely N-dealkylation sites (N-methyl/N-ethyl adjacent to an activating group) is 1. The van der Waals surface area contributed by atoms with E-state index in [9.17, 15) is 9.59 Å². The van der Waals surface area contributed by atoms with E-state index in [0.717, 1.165) is 17.7 Å². The molecule has 0 aliphatic heterocycles. The summed E-state index contributed by atoms with van der Waals surface area (Å²) in [4.78, 5) is 39.8. The van der Waals surface area contributed by atoms with Crippen LogP contribution in [0.1, 0.15) is 31.8 Å². The molecule has 33 heavy (non-hydrogen) atoms. The van der Waals surface area contributed by atoms with Crippen LogP contribution in [-0.4, -0.2) is 58.6 Å². The topological polar surface area (TPSA) is 66.4 Å². The Morgan fingerprint density at radius 1 is 0.818 bits per heavy atom. The van der Waals surface area contributed by atoms with Crippen LogP contribution in [0.5, 0.6) is 0 Å². The fourth-order valence-electron chi connectivity index (χ4n) is 4.32. The maximum atomic E-state index is 13.8. The molecule has 4 aromatic rings. The van der Waals surface area contributed by atoms with Gasteiger partial charge < -0.3 is 9.80 Å². The number of carbonyl (C=O) groups excluding carboxylic acids is 2. The molecular formula is C27H24N4O2. The molecule has 5 rings (SSSR count). The third-order valence-electron chi connectivity index (χ3n) is 6.01. The van der Waals surface area contributed by atoms with E-state index in [1.807, 2.05) is 73.6 Å².